The molecule has 0 spiro atoms. The van der Waals surface area contributed by atoms with E-state index >= 15 is 4.79 Å². The van der Waals surface area contributed by atoms with Gasteiger partial charge < -0.3 is 9.84 Å². The van der Waals surface area contributed by atoms with E-state index in [1.807, 2.05) is 43.3 Å². The lowest BCUT2D eigenvalue weighted by Gasteiger charge is -2.49. The van der Waals surface area contributed by atoms with Gasteiger partial charge in [0.1, 0.15) is 11.5 Å². The van der Waals surface area contributed by atoms with Gasteiger partial charge in [-0.15, -0.1) is 11.3 Å². The van der Waals surface area contributed by atoms with Crippen molar-refractivity contribution in [3.63, 3.8) is 0 Å². The Morgan fingerprint density at radius 2 is 1.71 bits per heavy atom. The van der Waals surface area contributed by atoms with Crippen LogP contribution in [0.5, 0.6) is 11.5 Å². The number of halogens is 3. The number of anilines is 2. The van der Waals surface area contributed by atoms with Gasteiger partial charge >= 0.3 is 0 Å². The minimum Gasteiger partial charge on any atom is -0.503 e. The maximum Gasteiger partial charge on any atom is 0.242 e. The van der Waals surface area contributed by atoms with Gasteiger partial charge in [0, 0.05) is 32.3 Å². The van der Waals surface area contributed by atoms with Gasteiger partial charge in [0.25, 0.3) is 0 Å². The molecule has 2 aliphatic carbocycles. The Morgan fingerprint density at radius 1 is 0.964 bits per heavy atom. The normalized spacial score (nSPS) is 26.1. The summed E-state index contributed by atoms with van der Waals surface area (Å²) >= 11 is 16.7. The Labute approximate surface area is 343 Å². The predicted octanol–water partition coefficient (Wildman–Crippen LogP) is 8.67. The number of imide groups is 2. The second-order valence-electron chi connectivity index (χ2n) is 14.9. The fraction of sp³-hybridized carbons (Fsp3) is 0.293. The number of nitrogens with zero attached hydrogens (tertiary/aromatic N) is 4. The maximum atomic E-state index is 15.2. The molecule has 2 saturated heterocycles. The molecule has 6 atom stereocenters. The summed E-state index contributed by atoms with van der Waals surface area (Å²) in [4.78, 5) is 62.0. The first kappa shape index (κ1) is 36.4. The van der Waals surface area contributed by atoms with Gasteiger partial charge in [-0.1, -0.05) is 34.9 Å². The summed E-state index contributed by atoms with van der Waals surface area (Å²) < 4.78 is 9.07. The minimum absolute atomic E-state index is 0.0211. The molecule has 3 fully saturated rings. The molecule has 5 aromatic rings. The van der Waals surface area contributed by atoms with Gasteiger partial charge in [0.2, 0.25) is 23.6 Å². The molecule has 1 saturated carbocycles. The number of carbonyl (C=O) groups is 4. The van der Waals surface area contributed by atoms with Crippen LogP contribution in [0.2, 0.25) is 10.0 Å². The second kappa shape index (κ2) is 12.9. The predicted molar refractivity (Wildman–Crippen MR) is 220 cm³/mol. The number of allylic oxidation sites excluding steroid dienone is 2. The van der Waals surface area contributed by atoms with Crippen LogP contribution in [0.4, 0.5) is 11.5 Å². The van der Waals surface area contributed by atoms with Crippen LogP contribution in [0, 0.1) is 39.6 Å². The molecule has 2 aromatic heterocycles. The highest BCUT2D eigenvalue weighted by Crippen LogP contribution is 2.64. The Balaban J connectivity index is 1.17. The van der Waals surface area contributed by atoms with Crippen molar-refractivity contribution in [3.8, 4) is 22.1 Å². The van der Waals surface area contributed by atoms with Crippen molar-refractivity contribution in [2.75, 3.05) is 16.9 Å². The molecular weight excluding hydrogens is 874 g/mol. The number of phenolic OH excluding ortho intramolecular Hbond substituents is 1. The number of carbonyl (C=O) groups excluding carboxylic acids is 4. The van der Waals surface area contributed by atoms with Crippen molar-refractivity contribution < 1.29 is 29.0 Å². The molecule has 55 heavy (non-hydrogen) atoms. The standard InChI is InChI=1S/C41H33Cl2IN4O6S/c1-18-25-15-20(42)5-12-31(25)55-36(18)29-17-32(46(3)45-29)48-38(51)27-16-26-23(34(41(27,2)40(48)53)19-13-28(43)35(49)30(14-19)54-4)10-11-24-33(26)39(52)47(37(24)50)22-8-6-21(44)7-9-22/h5-10,12-15,17,24,26-27,33-34,49H,11,16H2,1-4H3. The number of fused-ring (bicyclic) bond motifs is 5. The maximum absolute atomic E-state index is 15.2. The summed E-state index contributed by atoms with van der Waals surface area (Å²) in [6.07, 6.45) is 2.45. The lowest BCUT2D eigenvalue weighted by molar-refractivity contribution is -0.131. The van der Waals surface area contributed by atoms with Gasteiger partial charge in [-0.05, 0) is 126 Å². The number of amides is 4. The molecule has 280 valence electrons. The molecule has 10 nitrogen and oxygen atoms in total. The minimum atomic E-state index is -1.34. The monoisotopic (exact) mass is 906 g/mol. The highest BCUT2D eigenvalue weighted by Gasteiger charge is 2.68. The summed E-state index contributed by atoms with van der Waals surface area (Å²) in [6, 6.07) is 18.0. The van der Waals surface area contributed by atoms with Gasteiger partial charge in [-0.25, -0.2) is 4.90 Å². The van der Waals surface area contributed by atoms with E-state index in [2.05, 4.69) is 22.6 Å². The third-order valence-electron chi connectivity index (χ3n) is 12.2. The van der Waals surface area contributed by atoms with E-state index in [4.69, 9.17) is 33.0 Å². The number of hydrogen-bond acceptors (Lipinski definition) is 8. The van der Waals surface area contributed by atoms with Crippen LogP contribution in [0.3, 0.4) is 0 Å². The van der Waals surface area contributed by atoms with Crippen molar-refractivity contribution in [2.45, 2.75) is 32.6 Å². The van der Waals surface area contributed by atoms with Gasteiger partial charge in [0.15, 0.2) is 11.5 Å². The molecule has 9 rings (SSSR count). The van der Waals surface area contributed by atoms with Crippen LogP contribution in [0.1, 0.15) is 36.8 Å². The van der Waals surface area contributed by atoms with E-state index in [0.29, 0.717) is 34.2 Å². The highest BCUT2D eigenvalue weighted by molar-refractivity contribution is 14.1. The van der Waals surface area contributed by atoms with E-state index in [0.717, 1.165) is 29.7 Å². The summed E-state index contributed by atoms with van der Waals surface area (Å²) in [5.41, 5.74) is 2.12. The summed E-state index contributed by atoms with van der Waals surface area (Å²) in [5, 5.41) is 17.2. The van der Waals surface area contributed by atoms with Crippen molar-refractivity contribution in [1.82, 2.24) is 9.78 Å². The van der Waals surface area contributed by atoms with Gasteiger partial charge in [-0.2, -0.15) is 5.10 Å². The number of aromatic hydroxyl groups is 1. The van der Waals surface area contributed by atoms with Crippen LogP contribution < -0.4 is 14.5 Å². The average molecular weight is 908 g/mol. The first-order chi connectivity index (χ1) is 26.2. The first-order valence-corrected chi connectivity index (χ1v) is 20.4. The Morgan fingerprint density at radius 3 is 2.44 bits per heavy atom. The third kappa shape index (κ3) is 5.20. The van der Waals surface area contributed by atoms with Crippen molar-refractivity contribution >= 4 is 102 Å². The molecule has 6 unspecified atom stereocenters. The van der Waals surface area contributed by atoms with E-state index in [-0.39, 0.29) is 34.8 Å². The Hall–Kier alpha value is -4.24. The zero-order valence-electron chi connectivity index (χ0n) is 30.0. The third-order valence-corrected chi connectivity index (χ3v) is 14.7. The number of aromatic nitrogens is 2. The lowest BCUT2D eigenvalue weighted by Crippen LogP contribution is -2.49. The molecule has 4 aliphatic rings. The topological polar surface area (TPSA) is 122 Å². The fourth-order valence-corrected chi connectivity index (χ4v) is 11.5. The van der Waals surface area contributed by atoms with Crippen LogP contribution in [-0.4, -0.2) is 45.6 Å². The van der Waals surface area contributed by atoms with Crippen molar-refractivity contribution in [2.24, 2.45) is 36.1 Å². The quantitative estimate of drug-likeness (QED) is 0.106. The zero-order chi connectivity index (χ0) is 38.8. The van der Waals surface area contributed by atoms with Crippen molar-refractivity contribution in [1.29, 1.82) is 0 Å². The summed E-state index contributed by atoms with van der Waals surface area (Å²) in [6.45, 7) is 3.80. The molecule has 0 bridgehead atoms. The molecule has 3 aromatic carbocycles. The molecule has 1 N–H and O–H groups in total. The number of phenols is 1. The Kier molecular flexibility index (Phi) is 8.54. The first-order valence-electron chi connectivity index (χ1n) is 17.8. The number of thiophene rings is 1. The number of rotatable bonds is 5. The van der Waals surface area contributed by atoms with Crippen LogP contribution in [0.25, 0.3) is 20.7 Å². The molecule has 0 radical (unpaired) electrons. The van der Waals surface area contributed by atoms with E-state index in [1.165, 1.54) is 16.9 Å². The Bertz CT molecular complexity index is 2570. The molecule has 4 amide bonds. The van der Waals surface area contributed by atoms with E-state index in [1.54, 1.807) is 60.3 Å². The fourth-order valence-electron chi connectivity index (χ4n) is 9.59. The number of methoxy groups -OCH3 is 1. The van der Waals surface area contributed by atoms with Crippen LogP contribution in [0.15, 0.2) is 72.3 Å². The van der Waals surface area contributed by atoms with E-state index in [9.17, 15) is 19.5 Å². The zero-order valence-corrected chi connectivity index (χ0v) is 34.5. The highest BCUT2D eigenvalue weighted by atomic mass is 127. The largest absolute Gasteiger partial charge is 0.503 e. The van der Waals surface area contributed by atoms with E-state index < -0.39 is 46.8 Å². The van der Waals surface area contributed by atoms with Crippen molar-refractivity contribution in [3.05, 3.63) is 97.1 Å². The second-order valence-corrected chi connectivity index (χ2v) is 18.1. The molecule has 2 aliphatic heterocycles. The summed E-state index contributed by atoms with van der Waals surface area (Å²) in [7, 11) is 3.12. The number of hydrogen-bond donors (Lipinski definition) is 1. The van der Waals surface area contributed by atoms with Crippen LogP contribution in [-0.2, 0) is 26.2 Å². The summed E-state index contributed by atoms with van der Waals surface area (Å²) in [5.74, 6) is -4.74. The average Bonchev–Trinajstić information content (AvgIpc) is 3.83. The lowest BCUT2D eigenvalue weighted by atomic mass is 9.51. The molecule has 14 heteroatoms. The number of ether oxygens (including phenoxy) is 1. The number of benzene rings is 3. The van der Waals surface area contributed by atoms with Gasteiger partial charge in [0.05, 0.1) is 45.9 Å². The SMILES string of the molecule is COc1cc(C2C3=CCC4C(=O)N(c5ccc(I)cc5)C(=O)C4C3CC3C(=O)N(c4cc(-c5sc6ccc(Cl)cc6c5C)nn4C)C(=O)C32C)cc(Cl)c1O. The van der Waals surface area contributed by atoms with Crippen LogP contribution >= 0.6 is 57.1 Å². The van der Waals surface area contributed by atoms with Gasteiger partial charge in [-0.3, -0.25) is 28.8 Å². The number of aryl methyl sites for hydroxylation is 2. The molecule has 4 heterocycles. The smallest absolute Gasteiger partial charge is 0.242 e. The molecular formula is C41H33Cl2IN4O6S.